The van der Waals surface area contributed by atoms with Crippen molar-refractivity contribution < 1.29 is 45.9 Å². The van der Waals surface area contributed by atoms with Gasteiger partial charge < -0.3 is 28.8 Å². The fraction of sp³-hybridized carbons (Fsp3) is 1.00. The summed E-state index contributed by atoms with van der Waals surface area (Å²) in [5.74, 6) is 0. The van der Waals surface area contributed by atoms with Crippen molar-refractivity contribution in [1.29, 1.82) is 0 Å². The Morgan fingerprint density at radius 3 is 1.17 bits per heavy atom. The second-order valence-corrected chi connectivity index (χ2v) is 5.13. The lowest BCUT2D eigenvalue weighted by Crippen LogP contribution is -2.15. The number of hydrogen-bond donors (Lipinski definition) is 2. The summed E-state index contributed by atoms with van der Waals surface area (Å²) in [6.07, 6.45) is 0. The van der Waals surface area contributed by atoms with Crippen molar-refractivity contribution >= 4 is 10.4 Å². The van der Waals surface area contributed by atoms with Gasteiger partial charge in [-0.25, -0.2) is 4.18 Å². The second-order valence-electron chi connectivity index (χ2n) is 4.04. The van der Waals surface area contributed by atoms with E-state index in [-0.39, 0.29) is 26.4 Å². The minimum absolute atomic E-state index is 0.00645. The maximum atomic E-state index is 10.2. The van der Waals surface area contributed by atoms with Crippen LogP contribution in [0.5, 0.6) is 0 Å². The Labute approximate surface area is 136 Å². The van der Waals surface area contributed by atoms with E-state index in [4.69, 9.17) is 33.3 Å². The van der Waals surface area contributed by atoms with E-state index in [0.717, 1.165) is 0 Å². The monoisotopic (exact) mass is 362 g/mol. The Kier molecular flexibility index (Phi) is 16.2. The molecule has 0 fully saturated rings. The topological polar surface area (TPSA) is 130 Å². The molecule has 0 aliphatic carbocycles. The molecule has 0 unspecified atom stereocenters. The molecular weight excluding hydrogens is 336 g/mol. The molecule has 0 aromatic carbocycles. The van der Waals surface area contributed by atoms with Crippen LogP contribution in [0.2, 0.25) is 0 Å². The highest BCUT2D eigenvalue weighted by atomic mass is 32.3. The molecule has 0 heterocycles. The van der Waals surface area contributed by atoms with E-state index in [1.807, 2.05) is 0 Å². The average Bonchev–Trinajstić information content (AvgIpc) is 2.49. The predicted molar refractivity (Wildman–Crippen MR) is 78.7 cm³/mol. The lowest BCUT2D eigenvalue weighted by Gasteiger charge is -2.07. The van der Waals surface area contributed by atoms with E-state index >= 15 is 0 Å². The first-order chi connectivity index (χ1) is 11.1. The third kappa shape index (κ3) is 21.6. The van der Waals surface area contributed by atoms with Gasteiger partial charge in [-0.15, -0.1) is 0 Å². The summed E-state index contributed by atoms with van der Waals surface area (Å²) in [6.45, 7) is 3.39. The summed E-state index contributed by atoms with van der Waals surface area (Å²) < 4.78 is 58.5. The zero-order chi connectivity index (χ0) is 17.2. The Morgan fingerprint density at radius 2 is 0.870 bits per heavy atom. The fourth-order valence-corrected chi connectivity index (χ4v) is 1.52. The van der Waals surface area contributed by atoms with Gasteiger partial charge in [0.2, 0.25) is 0 Å². The molecule has 0 spiro atoms. The summed E-state index contributed by atoms with van der Waals surface area (Å²) in [5.41, 5.74) is 0. The van der Waals surface area contributed by atoms with Gasteiger partial charge in [0.25, 0.3) is 0 Å². The molecule has 10 nitrogen and oxygen atoms in total. The van der Waals surface area contributed by atoms with E-state index in [1.165, 1.54) is 0 Å². The van der Waals surface area contributed by atoms with Crippen LogP contribution in [-0.2, 0) is 38.3 Å². The molecule has 0 bridgehead atoms. The summed E-state index contributed by atoms with van der Waals surface area (Å²) >= 11 is 0. The standard InChI is InChI=1S/C12H26O10S/c13-1-2-17-3-4-18-5-6-19-7-8-20-9-10-21-11-12-22-23(14,15)16/h13H,1-12H2,(H,14,15,16). The van der Waals surface area contributed by atoms with E-state index in [2.05, 4.69) is 4.18 Å². The normalized spacial score (nSPS) is 11.9. The summed E-state index contributed by atoms with van der Waals surface area (Å²) in [7, 11) is -4.40. The minimum atomic E-state index is -4.40. The summed E-state index contributed by atoms with van der Waals surface area (Å²) in [4.78, 5) is 0. The van der Waals surface area contributed by atoms with E-state index in [0.29, 0.717) is 52.9 Å². The van der Waals surface area contributed by atoms with Crippen molar-refractivity contribution in [3.63, 3.8) is 0 Å². The molecule has 140 valence electrons. The molecule has 0 aromatic heterocycles. The molecule has 11 heteroatoms. The third-order valence-corrected chi connectivity index (χ3v) is 2.65. The first-order valence-corrected chi connectivity index (χ1v) is 8.54. The molecule has 0 aliphatic heterocycles. The van der Waals surface area contributed by atoms with Gasteiger partial charge in [-0.1, -0.05) is 0 Å². The van der Waals surface area contributed by atoms with E-state index in [1.54, 1.807) is 0 Å². The molecule has 0 aliphatic rings. The quantitative estimate of drug-likeness (QED) is 0.228. The van der Waals surface area contributed by atoms with Crippen LogP contribution in [0.15, 0.2) is 0 Å². The van der Waals surface area contributed by atoms with Crippen molar-refractivity contribution in [1.82, 2.24) is 0 Å². The average molecular weight is 362 g/mol. The van der Waals surface area contributed by atoms with Crippen LogP contribution in [0.25, 0.3) is 0 Å². The van der Waals surface area contributed by atoms with Gasteiger partial charge in [0.1, 0.15) is 0 Å². The van der Waals surface area contributed by atoms with Crippen LogP contribution in [-0.4, -0.2) is 97.4 Å². The molecule has 0 aromatic rings. The van der Waals surface area contributed by atoms with Crippen LogP contribution < -0.4 is 0 Å². The maximum absolute atomic E-state index is 10.2. The van der Waals surface area contributed by atoms with Gasteiger partial charge >= 0.3 is 10.4 Å². The number of ether oxygens (including phenoxy) is 5. The predicted octanol–water partition coefficient (Wildman–Crippen LogP) is -1.12. The summed E-state index contributed by atoms with van der Waals surface area (Å²) in [6, 6.07) is 0. The van der Waals surface area contributed by atoms with E-state index < -0.39 is 10.4 Å². The van der Waals surface area contributed by atoms with Crippen molar-refractivity contribution in [2.45, 2.75) is 0 Å². The molecule has 0 rings (SSSR count). The number of aliphatic hydroxyl groups excluding tert-OH is 1. The number of rotatable bonds is 18. The van der Waals surface area contributed by atoms with Crippen LogP contribution in [0.1, 0.15) is 0 Å². The van der Waals surface area contributed by atoms with Gasteiger partial charge in [-0.2, -0.15) is 8.42 Å². The van der Waals surface area contributed by atoms with Gasteiger partial charge in [0.05, 0.1) is 79.3 Å². The first kappa shape index (κ1) is 22.6. The van der Waals surface area contributed by atoms with Crippen molar-refractivity contribution in [2.24, 2.45) is 0 Å². The Bertz CT molecular complexity index is 335. The third-order valence-electron chi connectivity index (χ3n) is 2.18. The molecule has 0 saturated heterocycles. The molecule has 2 N–H and O–H groups in total. The smallest absolute Gasteiger partial charge is 0.394 e. The van der Waals surface area contributed by atoms with Gasteiger partial charge in [-0.05, 0) is 0 Å². The zero-order valence-corrected chi connectivity index (χ0v) is 13.9. The van der Waals surface area contributed by atoms with Crippen molar-refractivity contribution in [3.05, 3.63) is 0 Å². The highest BCUT2D eigenvalue weighted by molar-refractivity contribution is 7.80. The Hall–Kier alpha value is -0.370. The SMILES string of the molecule is O=S(=O)(O)OCCOCCOCCOCCOCCOCCO. The molecule has 0 saturated carbocycles. The van der Waals surface area contributed by atoms with Crippen LogP contribution in [0.3, 0.4) is 0 Å². The molecule has 0 radical (unpaired) electrons. The Morgan fingerprint density at radius 1 is 0.565 bits per heavy atom. The van der Waals surface area contributed by atoms with Gasteiger partial charge in [0, 0.05) is 0 Å². The zero-order valence-electron chi connectivity index (χ0n) is 13.1. The molecular formula is C12H26O10S. The van der Waals surface area contributed by atoms with Crippen LogP contribution in [0, 0.1) is 0 Å². The van der Waals surface area contributed by atoms with E-state index in [9.17, 15) is 8.42 Å². The summed E-state index contributed by atoms with van der Waals surface area (Å²) in [5, 5.41) is 8.47. The number of hydrogen-bond acceptors (Lipinski definition) is 9. The number of aliphatic hydroxyl groups is 1. The van der Waals surface area contributed by atoms with Crippen molar-refractivity contribution in [2.75, 3.05) is 79.3 Å². The second kappa shape index (κ2) is 16.5. The van der Waals surface area contributed by atoms with Crippen LogP contribution in [0.4, 0.5) is 0 Å². The molecule has 23 heavy (non-hydrogen) atoms. The molecule has 0 atom stereocenters. The fourth-order valence-electron chi connectivity index (χ4n) is 1.24. The largest absolute Gasteiger partial charge is 0.397 e. The lowest BCUT2D eigenvalue weighted by atomic mass is 10.7. The highest BCUT2D eigenvalue weighted by Crippen LogP contribution is 1.87. The van der Waals surface area contributed by atoms with Gasteiger partial charge in [0.15, 0.2) is 0 Å². The van der Waals surface area contributed by atoms with Crippen molar-refractivity contribution in [3.8, 4) is 0 Å². The molecule has 0 amide bonds. The Balaban J connectivity index is 3.03. The first-order valence-electron chi connectivity index (χ1n) is 7.17. The van der Waals surface area contributed by atoms with Crippen LogP contribution >= 0.6 is 0 Å². The lowest BCUT2D eigenvalue weighted by molar-refractivity contribution is -0.0147. The maximum Gasteiger partial charge on any atom is 0.397 e. The van der Waals surface area contributed by atoms with Gasteiger partial charge in [-0.3, -0.25) is 4.55 Å². The minimum Gasteiger partial charge on any atom is -0.394 e. The highest BCUT2D eigenvalue weighted by Gasteiger charge is 2.02.